The number of carbonyl (C=O) groups is 1. The molecule has 17 heavy (non-hydrogen) atoms. The normalized spacial score (nSPS) is 28.9. The quantitative estimate of drug-likeness (QED) is 0.831. The zero-order valence-corrected chi connectivity index (χ0v) is 11.3. The Balaban J connectivity index is 0.00000144. The maximum absolute atomic E-state index is 11.9. The molecule has 2 fully saturated rings. The number of ether oxygens (including phenoxy) is 1. The van der Waals surface area contributed by atoms with Crippen molar-refractivity contribution < 1.29 is 9.53 Å². The molecule has 0 aromatic carbocycles. The van der Waals surface area contributed by atoms with E-state index in [0.29, 0.717) is 25.0 Å². The topological polar surface area (TPSA) is 41.6 Å². The predicted octanol–water partition coefficient (Wildman–Crippen LogP) is 1.19. The van der Waals surface area contributed by atoms with E-state index >= 15 is 0 Å². The minimum Gasteiger partial charge on any atom is -0.375 e. The summed E-state index contributed by atoms with van der Waals surface area (Å²) in [5.74, 6) is 0.295. The molecule has 0 bridgehead atoms. The molecule has 0 radical (unpaired) electrons. The first-order valence-corrected chi connectivity index (χ1v) is 6.38. The third-order valence-corrected chi connectivity index (χ3v) is 3.46. The van der Waals surface area contributed by atoms with Crippen LogP contribution in [0.1, 0.15) is 32.6 Å². The number of nitrogens with one attached hydrogen (secondary N) is 1. The number of hydrogen-bond donors (Lipinski definition) is 1. The molecule has 1 N–H and O–H groups in total. The zero-order chi connectivity index (χ0) is 11.4. The minimum atomic E-state index is 0. The van der Waals surface area contributed by atoms with Crippen molar-refractivity contribution in [2.75, 3.05) is 26.2 Å². The Kier molecular flexibility index (Phi) is 6.23. The third kappa shape index (κ3) is 4.45. The highest BCUT2D eigenvalue weighted by Gasteiger charge is 2.22. The van der Waals surface area contributed by atoms with E-state index in [4.69, 9.17) is 4.74 Å². The summed E-state index contributed by atoms with van der Waals surface area (Å²) < 4.78 is 5.43. The van der Waals surface area contributed by atoms with Crippen molar-refractivity contribution >= 4 is 18.3 Å². The number of morpholine rings is 1. The van der Waals surface area contributed by atoms with E-state index in [-0.39, 0.29) is 18.5 Å². The van der Waals surface area contributed by atoms with Crippen molar-refractivity contribution in [1.82, 2.24) is 10.2 Å². The van der Waals surface area contributed by atoms with Gasteiger partial charge in [0.2, 0.25) is 5.91 Å². The van der Waals surface area contributed by atoms with Gasteiger partial charge in [0.05, 0.1) is 12.7 Å². The maximum Gasteiger partial charge on any atom is 0.222 e. The van der Waals surface area contributed by atoms with E-state index in [1.807, 2.05) is 11.8 Å². The lowest BCUT2D eigenvalue weighted by atomic mass is 10.1. The Morgan fingerprint density at radius 2 is 2.35 bits per heavy atom. The van der Waals surface area contributed by atoms with Crippen LogP contribution in [0.2, 0.25) is 0 Å². The molecule has 2 heterocycles. The second kappa shape index (κ2) is 7.19. The van der Waals surface area contributed by atoms with Crippen LogP contribution in [0.4, 0.5) is 0 Å². The fraction of sp³-hybridized carbons (Fsp3) is 0.917. The molecular formula is C12H23ClN2O2. The first kappa shape index (κ1) is 14.7. The lowest BCUT2D eigenvalue weighted by Crippen LogP contribution is -2.44. The standard InChI is InChI=1S/C12H22N2O2.ClH/c1-10-9-14(7-8-16-10)12(15)5-4-11-3-2-6-13-11;/h10-11,13H,2-9H2,1H3;1H. The van der Waals surface area contributed by atoms with Crippen LogP contribution in [0, 0.1) is 0 Å². The molecule has 0 aromatic heterocycles. The summed E-state index contributed by atoms with van der Waals surface area (Å²) in [5.41, 5.74) is 0. The van der Waals surface area contributed by atoms with E-state index in [1.165, 1.54) is 12.8 Å². The van der Waals surface area contributed by atoms with Crippen LogP contribution in [0.5, 0.6) is 0 Å². The fourth-order valence-electron chi connectivity index (χ4n) is 2.50. The smallest absolute Gasteiger partial charge is 0.222 e. The minimum absolute atomic E-state index is 0. The first-order chi connectivity index (χ1) is 7.75. The van der Waals surface area contributed by atoms with Crippen LogP contribution in [0.15, 0.2) is 0 Å². The molecule has 0 aromatic rings. The molecule has 0 saturated carbocycles. The van der Waals surface area contributed by atoms with Gasteiger partial charge >= 0.3 is 0 Å². The Bertz CT molecular complexity index is 245. The van der Waals surface area contributed by atoms with E-state index in [0.717, 1.165) is 26.1 Å². The van der Waals surface area contributed by atoms with Crippen LogP contribution in [-0.2, 0) is 9.53 Å². The number of halogens is 1. The maximum atomic E-state index is 11.9. The molecule has 5 heteroatoms. The van der Waals surface area contributed by atoms with Crippen molar-refractivity contribution in [2.24, 2.45) is 0 Å². The fourth-order valence-corrected chi connectivity index (χ4v) is 2.50. The average molecular weight is 263 g/mol. The summed E-state index contributed by atoms with van der Waals surface area (Å²) in [4.78, 5) is 13.9. The van der Waals surface area contributed by atoms with Crippen molar-refractivity contribution in [3.05, 3.63) is 0 Å². The van der Waals surface area contributed by atoms with Gasteiger partial charge in [-0.3, -0.25) is 4.79 Å². The van der Waals surface area contributed by atoms with Gasteiger partial charge in [-0.15, -0.1) is 12.4 Å². The number of amides is 1. The van der Waals surface area contributed by atoms with Gasteiger partial charge in [-0.05, 0) is 32.7 Å². The monoisotopic (exact) mass is 262 g/mol. The summed E-state index contributed by atoms with van der Waals surface area (Å²) >= 11 is 0. The van der Waals surface area contributed by atoms with E-state index in [2.05, 4.69) is 5.32 Å². The van der Waals surface area contributed by atoms with Gasteiger partial charge in [-0.25, -0.2) is 0 Å². The summed E-state index contributed by atoms with van der Waals surface area (Å²) in [7, 11) is 0. The van der Waals surface area contributed by atoms with Crippen LogP contribution >= 0.6 is 12.4 Å². The van der Waals surface area contributed by atoms with E-state index in [9.17, 15) is 4.79 Å². The molecule has 0 aliphatic carbocycles. The van der Waals surface area contributed by atoms with Gasteiger partial charge in [0.15, 0.2) is 0 Å². The van der Waals surface area contributed by atoms with Gasteiger partial charge in [-0.2, -0.15) is 0 Å². The van der Waals surface area contributed by atoms with Crippen LogP contribution < -0.4 is 5.32 Å². The van der Waals surface area contributed by atoms with Crippen molar-refractivity contribution in [2.45, 2.75) is 44.8 Å². The highest BCUT2D eigenvalue weighted by molar-refractivity contribution is 5.85. The third-order valence-electron chi connectivity index (χ3n) is 3.46. The second-order valence-electron chi connectivity index (χ2n) is 4.85. The number of rotatable bonds is 3. The summed E-state index contributed by atoms with van der Waals surface area (Å²) in [5, 5.41) is 3.43. The van der Waals surface area contributed by atoms with Crippen molar-refractivity contribution in [1.29, 1.82) is 0 Å². The summed E-state index contributed by atoms with van der Waals surface area (Å²) in [6.07, 6.45) is 4.36. The summed E-state index contributed by atoms with van der Waals surface area (Å²) in [6.45, 7) is 5.36. The molecule has 0 spiro atoms. The first-order valence-electron chi connectivity index (χ1n) is 6.38. The van der Waals surface area contributed by atoms with Gasteiger partial charge in [-0.1, -0.05) is 0 Å². The van der Waals surface area contributed by atoms with Crippen LogP contribution in [0.25, 0.3) is 0 Å². The van der Waals surface area contributed by atoms with E-state index < -0.39 is 0 Å². The van der Waals surface area contributed by atoms with Gasteiger partial charge in [0, 0.05) is 25.6 Å². The van der Waals surface area contributed by atoms with E-state index in [1.54, 1.807) is 0 Å². The average Bonchev–Trinajstić information content (AvgIpc) is 2.78. The molecule has 2 rings (SSSR count). The predicted molar refractivity (Wildman–Crippen MR) is 69.5 cm³/mol. The molecular weight excluding hydrogens is 240 g/mol. The number of nitrogens with zero attached hydrogens (tertiary/aromatic N) is 1. The lowest BCUT2D eigenvalue weighted by molar-refractivity contribution is -0.138. The number of hydrogen-bond acceptors (Lipinski definition) is 3. The summed E-state index contributed by atoms with van der Waals surface area (Å²) in [6, 6.07) is 0.572. The molecule has 2 aliphatic rings. The molecule has 1 amide bonds. The Morgan fingerprint density at radius 3 is 3.00 bits per heavy atom. The Morgan fingerprint density at radius 1 is 1.53 bits per heavy atom. The molecule has 2 unspecified atom stereocenters. The molecule has 4 nitrogen and oxygen atoms in total. The lowest BCUT2D eigenvalue weighted by Gasteiger charge is -2.31. The Labute approximate surface area is 109 Å². The largest absolute Gasteiger partial charge is 0.375 e. The van der Waals surface area contributed by atoms with Crippen LogP contribution in [-0.4, -0.2) is 49.2 Å². The van der Waals surface area contributed by atoms with Crippen molar-refractivity contribution in [3.63, 3.8) is 0 Å². The molecule has 2 saturated heterocycles. The molecule has 2 aliphatic heterocycles. The molecule has 100 valence electrons. The number of carbonyl (C=O) groups excluding carboxylic acids is 1. The van der Waals surface area contributed by atoms with Gasteiger partial charge in [0.25, 0.3) is 0 Å². The van der Waals surface area contributed by atoms with Gasteiger partial charge in [0.1, 0.15) is 0 Å². The van der Waals surface area contributed by atoms with Gasteiger partial charge < -0.3 is 15.0 Å². The highest BCUT2D eigenvalue weighted by Crippen LogP contribution is 2.13. The highest BCUT2D eigenvalue weighted by atomic mass is 35.5. The zero-order valence-electron chi connectivity index (χ0n) is 10.5. The van der Waals surface area contributed by atoms with Crippen molar-refractivity contribution in [3.8, 4) is 0 Å². The Hall–Kier alpha value is -0.320. The second-order valence-corrected chi connectivity index (χ2v) is 4.85. The van der Waals surface area contributed by atoms with Crippen LogP contribution in [0.3, 0.4) is 0 Å². The molecule has 2 atom stereocenters. The SMILES string of the molecule is CC1CN(C(=O)CCC2CCCN2)CCO1.Cl.